The first kappa shape index (κ1) is 7.60. The molecular formula is C10H19N. The Morgan fingerprint density at radius 1 is 1.36 bits per heavy atom. The van der Waals surface area contributed by atoms with Crippen LogP contribution in [0.1, 0.15) is 33.1 Å². The highest BCUT2D eigenvalue weighted by Crippen LogP contribution is 2.55. The van der Waals surface area contributed by atoms with Crippen LogP contribution in [0.2, 0.25) is 0 Å². The zero-order valence-electron chi connectivity index (χ0n) is 7.93. The van der Waals surface area contributed by atoms with Gasteiger partial charge in [-0.3, -0.25) is 0 Å². The maximum absolute atomic E-state index is 2.57. The number of hydrogen-bond donors (Lipinski definition) is 0. The molecule has 1 spiro atoms. The topological polar surface area (TPSA) is 3.24 Å². The second kappa shape index (κ2) is 2.22. The Morgan fingerprint density at radius 3 is 2.27 bits per heavy atom. The average molecular weight is 153 g/mol. The van der Waals surface area contributed by atoms with Crippen LogP contribution >= 0.6 is 0 Å². The van der Waals surface area contributed by atoms with Crippen molar-refractivity contribution in [1.82, 2.24) is 4.90 Å². The van der Waals surface area contributed by atoms with Crippen LogP contribution in [0.3, 0.4) is 0 Å². The van der Waals surface area contributed by atoms with Crippen LogP contribution in [-0.4, -0.2) is 24.5 Å². The highest BCUT2D eigenvalue weighted by molar-refractivity contribution is 5.04. The largest absolute Gasteiger partial charge is 0.303 e. The van der Waals surface area contributed by atoms with E-state index in [1.165, 1.54) is 25.8 Å². The molecule has 1 saturated carbocycles. The molecule has 0 aromatic rings. The minimum atomic E-state index is 0.795. The van der Waals surface area contributed by atoms with Gasteiger partial charge in [-0.05, 0) is 37.6 Å². The molecule has 1 nitrogen and oxygen atoms in total. The van der Waals surface area contributed by atoms with E-state index in [-0.39, 0.29) is 0 Å². The summed E-state index contributed by atoms with van der Waals surface area (Å²) in [5.41, 5.74) is 0.795. The molecule has 1 aliphatic carbocycles. The zero-order valence-corrected chi connectivity index (χ0v) is 7.93. The third-order valence-electron chi connectivity index (χ3n) is 3.52. The molecule has 2 rings (SSSR count). The van der Waals surface area contributed by atoms with Crippen LogP contribution in [0.25, 0.3) is 0 Å². The fourth-order valence-electron chi connectivity index (χ4n) is 2.59. The first-order valence-electron chi connectivity index (χ1n) is 4.83. The fourth-order valence-corrected chi connectivity index (χ4v) is 2.59. The van der Waals surface area contributed by atoms with E-state index in [9.17, 15) is 0 Å². The SMILES string of the molecule is CC(C)[C@@H]1CC2(CC2)CN1C. The van der Waals surface area contributed by atoms with Crippen LogP contribution in [0.4, 0.5) is 0 Å². The van der Waals surface area contributed by atoms with Gasteiger partial charge in [0.2, 0.25) is 0 Å². The molecule has 0 bridgehead atoms. The molecule has 1 saturated heterocycles. The predicted molar refractivity (Wildman–Crippen MR) is 47.5 cm³/mol. The minimum absolute atomic E-state index is 0.795. The Morgan fingerprint density at radius 2 is 2.00 bits per heavy atom. The quantitative estimate of drug-likeness (QED) is 0.558. The van der Waals surface area contributed by atoms with Crippen molar-refractivity contribution in [3.63, 3.8) is 0 Å². The molecule has 0 radical (unpaired) electrons. The average Bonchev–Trinajstić information content (AvgIpc) is 2.54. The van der Waals surface area contributed by atoms with Crippen LogP contribution in [-0.2, 0) is 0 Å². The van der Waals surface area contributed by atoms with E-state index < -0.39 is 0 Å². The van der Waals surface area contributed by atoms with Gasteiger partial charge in [-0.15, -0.1) is 0 Å². The van der Waals surface area contributed by atoms with Crippen molar-refractivity contribution in [2.45, 2.75) is 39.2 Å². The third kappa shape index (κ3) is 1.20. The summed E-state index contributed by atoms with van der Waals surface area (Å²) in [4.78, 5) is 2.57. The lowest BCUT2D eigenvalue weighted by Gasteiger charge is -2.22. The van der Waals surface area contributed by atoms with Crippen molar-refractivity contribution in [2.24, 2.45) is 11.3 Å². The maximum atomic E-state index is 2.57. The molecule has 0 N–H and O–H groups in total. The summed E-state index contributed by atoms with van der Waals surface area (Å²) in [7, 11) is 2.29. The molecule has 0 aromatic carbocycles. The van der Waals surface area contributed by atoms with Crippen molar-refractivity contribution in [1.29, 1.82) is 0 Å². The van der Waals surface area contributed by atoms with Gasteiger partial charge in [-0.2, -0.15) is 0 Å². The van der Waals surface area contributed by atoms with Gasteiger partial charge in [0.15, 0.2) is 0 Å². The second-order valence-corrected chi connectivity index (χ2v) is 4.93. The highest BCUT2D eigenvalue weighted by Gasteiger charge is 2.51. The first-order valence-corrected chi connectivity index (χ1v) is 4.83. The number of hydrogen-bond acceptors (Lipinski definition) is 1. The van der Waals surface area contributed by atoms with Gasteiger partial charge in [-0.1, -0.05) is 13.8 Å². The maximum Gasteiger partial charge on any atom is 0.0121 e. The monoisotopic (exact) mass is 153 g/mol. The predicted octanol–water partition coefficient (Wildman–Crippen LogP) is 2.13. The molecule has 1 heterocycles. The first-order chi connectivity index (χ1) is 5.13. The molecule has 2 fully saturated rings. The lowest BCUT2D eigenvalue weighted by atomic mass is 9.96. The van der Waals surface area contributed by atoms with E-state index in [0.717, 1.165) is 17.4 Å². The number of rotatable bonds is 1. The van der Waals surface area contributed by atoms with Crippen LogP contribution in [0.15, 0.2) is 0 Å². The van der Waals surface area contributed by atoms with Crippen molar-refractivity contribution in [3.05, 3.63) is 0 Å². The van der Waals surface area contributed by atoms with Gasteiger partial charge in [0.1, 0.15) is 0 Å². The lowest BCUT2D eigenvalue weighted by molar-refractivity contribution is 0.249. The Kier molecular flexibility index (Phi) is 1.54. The molecule has 64 valence electrons. The van der Waals surface area contributed by atoms with Gasteiger partial charge < -0.3 is 4.90 Å². The fraction of sp³-hybridized carbons (Fsp3) is 1.00. The molecule has 0 unspecified atom stereocenters. The van der Waals surface area contributed by atoms with Crippen LogP contribution in [0, 0.1) is 11.3 Å². The van der Waals surface area contributed by atoms with Crippen molar-refractivity contribution in [3.8, 4) is 0 Å². The van der Waals surface area contributed by atoms with Crippen molar-refractivity contribution >= 4 is 0 Å². The molecule has 2 aliphatic rings. The Balaban J connectivity index is 2.02. The zero-order chi connectivity index (χ0) is 8.06. The van der Waals surface area contributed by atoms with Gasteiger partial charge in [-0.25, -0.2) is 0 Å². The lowest BCUT2D eigenvalue weighted by Crippen LogP contribution is -2.29. The minimum Gasteiger partial charge on any atom is -0.303 e. The molecule has 1 atom stereocenters. The van der Waals surface area contributed by atoms with E-state index >= 15 is 0 Å². The molecule has 0 amide bonds. The smallest absolute Gasteiger partial charge is 0.0121 e. The molecular weight excluding hydrogens is 134 g/mol. The summed E-state index contributed by atoms with van der Waals surface area (Å²) in [6, 6.07) is 0.873. The summed E-state index contributed by atoms with van der Waals surface area (Å²) < 4.78 is 0. The number of likely N-dealkylation sites (tertiary alicyclic amines) is 1. The van der Waals surface area contributed by atoms with Crippen molar-refractivity contribution < 1.29 is 0 Å². The normalized spacial score (nSPS) is 35.5. The van der Waals surface area contributed by atoms with E-state index in [1.807, 2.05) is 0 Å². The van der Waals surface area contributed by atoms with E-state index in [0.29, 0.717) is 0 Å². The van der Waals surface area contributed by atoms with E-state index in [4.69, 9.17) is 0 Å². The summed E-state index contributed by atoms with van der Waals surface area (Å²) in [5.74, 6) is 0.847. The van der Waals surface area contributed by atoms with Gasteiger partial charge in [0.05, 0.1) is 0 Å². The third-order valence-corrected chi connectivity index (χ3v) is 3.52. The van der Waals surface area contributed by atoms with E-state index in [2.05, 4.69) is 25.8 Å². The van der Waals surface area contributed by atoms with Crippen LogP contribution < -0.4 is 0 Å². The summed E-state index contributed by atoms with van der Waals surface area (Å²) in [5, 5.41) is 0. The second-order valence-electron chi connectivity index (χ2n) is 4.93. The molecule has 1 heteroatoms. The van der Waals surface area contributed by atoms with Crippen molar-refractivity contribution in [2.75, 3.05) is 13.6 Å². The summed E-state index contributed by atoms with van der Waals surface area (Å²) in [6.07, 6.45) is 4.47. The standard InChI is InChI=1S/C10H19N/c1-8(2)9-6-10(4-5-10)7-11(9)3/h8-9H,4-7H2,1-3H3/t9-/m0/s1. The Labute approximate surface area is 69.8 Å². The summed E-state index contributed by atoms with van der Waals surface area (Å²) >= 11 is 0. The Bertz CT molecular complexity index is 158. The molecule has 1 aliphatic heterocycles. The van der Waals surface area contributed by atoms with Gasteiger partial charge in [0.25, 0.3) is 0 Å². The summed E-state index contributed by atoms with van der Waals surface area (Å²) in [6.45, 7) is 6.07. The van der Waals surface area contributed by atoms with Gasteiger partial charge in [0, 0.05) is 12.6 Å². The molecule has 0 aromatic heterocycles. The van der Waals surface area contributed by atoms with Crippen LogP contribution in [0.5, 0.6) is 0 Å². The van der Waals surface area contributed by atoms with Gasteiger partial charge >= 0.3 is 0 Å². The Hall–Kier alpha value is -0.0400. The highest BCUT2D eigenvalue weighted by atomic mass is 15.2. The number of nitrogens with zero attached hydrogens (tertiary/aromatic N) is 1. The van der Waals surface area contributed by atoms with E-state index in [1.54, 1.807) is 0 Å². The molecule has 11 heavy (non-hydrogen) atoms.